The Balaban J connectivity index is 0.000000203. The number of benzene rings is 2. The third-order valence-corrected chi connectivity index (χ3v) is 4.99. The van der Waals surface area contributed by atoms with Crippen molar-refractivity contribution in [2.45, 2.75) is 20.3 Å². The molecule has 3 aromatic heterocycles. The number of H-pyrrole nitrogens is 1. The molecule has 0 bridgehead atoms. The quantitative estimate of drug-likeness (QED) is 0.419. The van der Waals surface area contributed by atoms with Crippen molar-refractivity contribution in [3.63, 3.8) is 0 Å². The van der Waals surface area contributed by atoms with Crippen molar-refractivity contribution in [3.05, 3.63) is 81.6 Å². The van der Waals surface area contributed by atoms with Gasteiger partial charge in [-0.3, -0.25) is 9.36 Å². The Kier molecular flexibility index (Phi) is 5.83. The molecule has 2 aromatic carbocycles. The minimum atomic E-state index is -0.565. The van der Waals surface area contributed by atoms with E-state index >= 15 is 0 Å². The SMILES string of the molecule is CCc1nc2cccc(F)c2c(=O)n1-c1cc(C)cc(Cl)c1.Nc1ncnc2nc[nH]c12. The van der Waals surface area contributed by atoms with Gasteiger partial charge in [-0.2, -0.15) is 0 Å². The van der Waals surface area contributed by atoms with E-state index < -0.39 is 11.4 Å². The van der Waals surface area contributed by atoms with Crippen molar-refractivity contribution in [1.29, 1.82) is 0 Å². The highest BCUT2D eigenvalue weighted by Crippen LogP contribution is 2.20. The van der Waals surface area contributed by atoms with E-state index in [1.165, 1.54) is 23.3 Å². The highest BCUT2D eigenvalue weighted by molar-refractivity contribution is 6.30. The molecule has 3 heterocycles. The topological polar surface area (TPSA) is 115 Å². The maximum absolute atomic E-state index is 14.1. The van der Waals surface area contributed by atoms with E-state index in [9.17, 15) is 9.18 Å². The fourth-order valence-electron chi connectivity index (χ4n) is 3.37. The molecule has 0 saturated carbocycles. The Labute approximate surface area is 186 Å². The van der Waals surface area contributed by atoms with Gasteiger partial charge in [0, 0.05) is 11.4 Å². The fraction of sp³-hybridized carbons (Fsp3) is 0.136. The second kappa shape index (κ2) is 8.72. The summed E-state index contributed by atoms with van der Waals surface area (Å²) in [5.74, 6) is 0.442. The van der Waals surface area contributed by atoms with Crippen LogP contribution in [0.4, 0.5) is 10.2 Å². The number of nitrogens with one attached hydrogen (secondary N) is 1. The van der Waals surface area contributed by atoms with Gasteiger partial charge >= 0.3 is 0 Å². The summed E-state index contributed by atoms with van der Waals surface area (Å²) in [6.07, 6.45) is 3.47. The summed E-state index contributed by atoms with van der Waals surface area (Å²) in [6.45, 7) is 3.79. The lowest BCUT2D eigenvalue weighted by Gasteiger charge is -2.13. The number of hydrogen-bond acceptors (Lipinski definition) is 6. The number of rotatable bonds is 2. The van der Waals surface area contributed by atoms with Crippen LogP contribution >= 0.6 is 11.6 Å². The molecule has 0 atom stereocenters. The van der Waals surface area contributed by atoms with E-state index in [1.54, 1.807) is 24.3 Å². The Morgan fingerprint density at radius 2 is 2.00 bits per heavy atom. The molecular formula is C22H19ClFN7O. The molecule has 0 fully saturated rings. The largest absolute Gasteiger partial charge is 0.382 e. The minimum absolute atomic E-state index is 0.00247. The normalized spacial score (nSPS) is 10.9. The van der Waals surface area contributed by atoms with Crippen molar-refractivity contribution in [3.8, 4) is 5.69 Å². The fourth-order valence-corrected chi connectivity index (χ4v) is 3.65. The Hall–Kier alpha value is -3.85. The zero-order valence-corrected chi connectivity index (χ0v) is 18.1. The van der Waals surface area contributed by atoms with Gasteiger partial charge in [0.25, 0.3) is 5.56 Å². The first kappa shape index (κ1) is 21.4. The summed E-state index contributed by atoms with van der Waals surface area (Å²) < 4.78 is 15.5. The van der Waals surface area contributed by atoms with Gasteiger partial charge in [0.1, 0.15) is 28.9 Å². The first-order valence-corrected chi connectivity index (χ1v) is 10.1. The number of nitrogens with two attached hydrogens (primary N) is 1. The van der Waals surface area contributed by atoms with Crippen molar-refractivity contribution in [2.24, 2.45) is 0 Å². The third-order valence-electron chi connectivity index (χ3n) is 4.77. The molecule has 0 aliphatic heterocycles. The number of fused-ring (bicyclic) bond motifs is 2. The second-order valence-corrected chi connectivity index (χ2v) is 7.44. The zero-order valence-electron chi connectivity index (χ0n) is 17.3. The average molecular weight is 452 g/mol. The van der Waals surface area contributed by atoms with Gasteiger partial charge in [-0.25, -0.2) is 24.3 Å². The highest BCUT2D eigenvalue weighted by Gasteiger charge is 2.15. The Morgan fingerprint density at radius 3 is 2.72 bits per heavy atom. The zero-order chi connectivity index (χ0) is 22.8. The predicted molar refractivity (Wildman–Crippen MR) is 123 cm³/mol. The Morgan fingerprint density at radius 1 is 1.19 bits per heavy atom. The maximum Gasteiger partial charge on any atom is 0.268 e. The third kappa shape index (κ3) is 4.02. The number of anilines is 1. The van der Waals surface area contributed by atoms with Gasteiger partial charge in [-0.05, 0) is 42.8 Å². The number of halogens is 2. The van der Waals surface area contributed by atoms with Crippen LogP contribution in [0.25, 0.3) is 27.8 Å². The van der Waals surface area contributed by atoms with Crippen molar-refractivity contribution < 1.29 is 4.39 Å². The molecule has 162 valence electrons. The van der Waals surface area contributed by atoms with Crippen molar-refractivity contribution >= 4 is 39.5 Å². The van der Waals surface area contributed by atoms with Crippen LogP contribution < -0.4 is 11.3 Å². The lowest BCUT2D eigenvalue weighted by Crippen LogP contribution is -2.24. The smallest absolute Gasteiger partial charge is 0.268 e. The van der Waals surface area contributed by atoms with Crippen LogP contribution in [0, 0.1) is 12.7 Å². The van der Waals surface area contributed by atoms with E-state index in [2.05, 4.69) is 24.9 Å². The molecule has 10 heteroatoms. The summed E-state index contributed by atoms with van der Waals surface area (Å²) in [5.41, 5.74) is 8.26. The molecule has 0 amide bonds. The van der Waals surface area contributed by atoms with E-state index in [4.69, 9.17) is 17.3 Å². The van der Waals surface area contributed by atoms with Gasteiger partial charge in [0.05, 0.1) is 17.5 Å². The number of hydrogen-bond donors (Lipinski definition) is 2. The number of aromatic nitrogens is 6. The van der Waals surface area contributed by atoms with Gasteiger partial charge in [-0.1, -0.05) is 24.6 Å². The molecule has 32 heavy (non-hydrogen) atoms. The minimum Gasteiger partial charge on any atom is -0.382 e. The van der Waals surface area contributed by atoms with Crippen LogP contribution in [0.2, 0.25) is 5.02 Å². The molecule has 0 aliphatic carbocycles. The van der Waals surface area contributed by atoms with Gasteiger partial charge in [0.15, 0.2) is 11.5 Å². The number of nitrogen functional groups attached to an aromatic ring is 1. The molecule has 0 aliphatic rings. The average Bonchev–Trinajstić information content (AvgIpc) is 3.23. The molecule has 3 N–H and O–H groups in total. The monoisotopic (exact) mass is 451 g/mol. The van der Waals surface area contributed by atoms with Crippen LogP contribution in [0.5, 0.6) is 0 Å². The molecule has 0 saturated heterocycles. The summed E-state index contributed by atoms with van der Waals surface area (Å²) in [6, 6.07) is 9.79. The van der Waals surface area contributed by atoms with Crippen LogP contribution in [-0.2, 0) is 6.42 Å². The summed E-state index contributed by atoms with van der Waals surface area (Å²) in [7, 11) is 0. The number of imidazole rings is 1. The molecule has 5 aromatic rings. The summed E-state index contributed by atoms with van der Waals surface area (Å²) >= 11 is 6.09. The van der Waals surface area contributed by atoms with E-state index in [1.807, 2.05) is 19.9 Å². The van der Waals surface area contributed by atoms with Crippen LogP contribution in [0.3, 0.4) is 0 Å². The molecular weight excluding hydrogens is 433 g/mol. The second-order valence-electron chi connectivity index (χ2n) is 7.00. The maximum atomic E-state index is 14.1. The number of aryl methyl sites for hydroxylation is 2. The van der Waals surface area contributed by atoms with Gasteiger partial charge < -0.3 is 10.7 Å². The number of nitrogens with zero attached hydrogens (tertiary/aromatic N) is 5. The first-order valence-electron chi connectivity index (χ1n) is 9.76. The molecule has 0 radical (unpaired) electrons. The molecule has 0 spiro atoms. The van der Waals surface area contributed by atoms with E-state index in [-0.39, 0.29) is 5.39 Å². The molecule has 8 nitrogen and oxygen atoms in total. The molecule has 5 rings (SSSR count). The highest BCUT2D eigenvalue weighted by atomic mass is 35.5. The summed E-state index contributed by atoms with van der Waals surface area (Å²) in [4.78, 5) is 31.6. The van der Waals surface area contributed by atoms with Gasteiger partial charge in [0.2, 0.25) is 0 Å². The summed E-state index contributed by atoms with van der Waals surface area (Å²) in [5, 5.41) is 0.523. The Bertz CT molecular complexity index is 1480. The van der Waals surface area contributed by atoms with Crippen molar-refractivity contribution in [1.82, 2.24) is 29.5 Å². The van der Waals surface area contributed by atoms with E-state index in [0.29, 0.717) is 45.5 Å². The van der Waals surface area contributed by atoms with Crippen LogP contribution in [0.1, 0.15) is 18.3 Å². The predicted octanol–water partition coefficient (Wildman–Crippen LogP) is 3.98. The van der Waals surface area contributed by atoms with E-state index in [0.717, 1.165) is 5.56 Å². The lowest BCUT2D eigenvalue weighted by atomic mass is 10.2. The molecule has 0 unspecified atom stereocenters. The van der Waals surface area contributed by atoms with Gasteiger partial charge in [-0.15, -0.1) is 0 Å². The van der Waals surface area contributed by atoms with Crippen LogP contribution in [-0.4, -0.2) is 29.5 Å². The number of aromatic amines is 1. The lowest BCUT2D eigenvalue weighted by molar-refractivity contribution is 0.636. The standard InChI is InChI=1S/C17H14ClFN2O.C5H5N5/c1-3-15-20-14-6-4-5-13(19)16(14)17(22)21(15)12-8-10(2)7-11(18)9-12;6-4-3-5(9-1-7-3)10-2-8-4/h4-9H,3H2,1-2H3;1-2H,(H3,6,7,8,9,10). The first-order chi connectivity index (χ1) is 15.4. The van der Waals surface area contributed by atoms with Crippen LogP contribution in [0.15, 0.2) is 53.8 Å². The van der Waals surface area contributed by atoms with Crippen molar-refractivity contribution in [2.75, 3.05) is 5.73 Å².